The Morgan fingerprint density at radius 1 is 1.06 bits per heavy atom. The summed E-state index contributed by atoms with van der Waals surface area (Å²) >= 11 is 0. The number of hydrogen-bond acceptors (Lipinski definition) is 4. The number of anilines is 1. The van der Waals surface area contributed by atoms with Gasteiger partial charge >= 0.3 is 0 Å². The fourth-order valence-corrected chi connectivity index (χ4v) is 6.26. The molecule has 3 aromatic rings. The Labute approximate surface area is 188 Å². The van der Waals surface area contributed by atoms with Crippen LogP contribution in [0.15, 0.2) is 51.8 Å². The van der Waals surface area contributed by atoms with Crippen LogP contribution < -0.4 is 5.32 Å². The average molecular weight is 448 g/mol. The van der Waals surface area contributed by atoms with E-state index in [0.29, 0.717) is 21.8 Å². The zero-order chi connectivity index (χ0) is 22.5. The van der Waals surface area contributed by atoms with Gasteiger partial charge in [0, 0.05) is 23.2 Å². The Morgan fingerprint density at radius 2 is 1.81 bits per heavy atom. The molecular formula is C26H25NO4S. The summed E-state index contributed by atoms with van der Waals surface area (Å²) < 4.78 is 32.6. The van der Waals surface area contributed by atoms with Crippen LogP contribution in [0.5, 0.6) is 0 Å². The first-order valence-electron chi connectivity index (χ1n) is 10.9. The minimum atomic E-state index is -3.55. The van der Waals surface area contributed by atoms with Gasteiger partial charge in [-0.15, -0.1) is 0 Å². The maximum atomic E-state index is 13.2. The summed E-state index contributed by atoms with van der Waals surface area (Å²) in [7, 11) is -3.55. The van der Waals surface area contributed by atoms with Gasteiger partial charge in [-0.1, -0.05) is 24.3 Å². The van der Waals surface area contributed by atoms with Crippen molar-refractivity contribution in [3.8, 4) is 0 Å². The molecule has 2 aromatic carbocycles. The standard InChI is InChI=1S/C26H25NO4S/c1-16-12-17(2)25-20(26(28)27-22(25)13-16)14-24-21(19-10-6-7-11-23(19)31-24)15-32(29,30)18-8-4-3-5-9-18/h3-5,8-9,12-14H,6-7,10-11,15H2,1-2H3,(H,27,28). The normalized spacial score (nSPS) is 16.7. The van der Waals surface area contributed by atoms with Gasteiger partial charge in [-0.3, -0.25) is 4.79 Å². The van der Waals surface area contributed by atoms with E-state index in [0.717, 1.165) is 59.4 Å². The molecule has 6 heteroatoms. The molecule has 0 radical (unpaired) electrons. The highest BCUT2D eigenvalue weighted by Crippen LogP contribution is 2.39. The predicted octanol–water partition coefficient (Wildman–Crippen LogP) is 5.24. The molecule has 2 aliphatic rings. The van der Waals surface area contributed by atoms with E-state index in [1.807, 2.05) is 26.0 Å². The lowest BCUT2D eigenvalue weighted by Crippen LogP contribution is -2.09. The van der Waals surface area contributed by atoms with Gasteiger partial charge in [-0.2, -0.15) is 0 Å². The molecule has 0 spiro atoms. The highest BCUT2D eigenvalue weighted by Gasteiger charge is 2.30. The number of aryl methyl sites for hydroxylation is 3. The molecule has 1 aliphatic carbocycles. The van der Waals surface area contributed by atoms with E-state index in [9.17, 15) is 13.2 Å². The van der Waals surface area contributed by atoms with E-state index in [1.165, 1.54) is 0 Å². The van der Waals surface area contributed by atoms with Gasteiger partial charge in [0.05, 0.1) is 16.2 Å². The third-order valence-corrected chi connectivity index (χ3v) is 7.93. The van der Waals surface area contributed by atoms with Crippen molar-refractivity contribution in [3.05, 3.63) is 81.8 Å². The fraction of sp³-hybridized carbons (Fsp3) is 0.269. The lowest BCUT2D eigenvalue weighted by atomic mass is 9.94. The first-order chi connectivity index (χ1) is 15.3. The van der Waals surface area contributed by atoms with Gasteiger partial charge in [-0.25, -0.2) is 8.42 Å². The largest absolute Gasteiger partial charge is 0.461 e. The van der Waals surface area contributed by atoms with E-state index in [4.69, 9.17) is 4.42 Å². The lowest BCUT2D eigenvalue weighted by Gasteiger charge is -2.11. The van der Waals surface area contributed by atoms with Gasteiger partial charge in [0.15, 0.2) is 9.84 Å². The van der Waals surface area contributed by atoms with E-state index in [1.54, 1.807) is 36.4 Å². The van der Waals surface area contributed by atoms with E-state index in [2.05, 4.69) is 5.32 Å². The van der Waals surface area contributed by atoms with Crippen molar-refractivity contribution < 1.29 is 17.6 Å². The van der Waals surface area contributed by atoms with Crippen LogP contribution in [0.4, 0.5) is 5.69 Å². The van der Waals surface area contributed by atoms with Crippen LogP contribution >= 0.6 is 0 Å². The highest BCUT2D eigenvalue weighted by molar-refractivity contribution is 7.90. The van der Waals surface area contributed by atoms with Crippen LogP contribution in [0.2, 0.25) is 0 Å². The molecule has 32 heavy (non-hydrogen) atoms. The number of rotatable bonds is 4. The smallest absolute Gasteiger partial charge is 0.256 e. The first kappa shape index (κ1) is 20.8. The second kappa shape index (κ2) is 7.78. The lowest BCUT2D eigenvalue weighted by molar-refractivity contribution is -0.110. The van der Waals surface area contributed by atoms with Gasteiger partial charge < -0.3 is 9.73 Å². The van der Waals surface area contributed by atoms with Crippen LogP contribution in [-0.2, 0) is 33.2 Å². The van der Waals surface area contributed by atoms with Crippen molar-refractivity contribution in [2.24, 2.45) is 0 Å². The van der Waals surface area contributed by atoms with Crippen molar-refractivity contribution >= 4 is 33.1 Å². The second-order valence-corrected chi connectivity index (χ2v) is 10.6. The van der Waals surface area contributed by atoms with Crippen molar-refractivity contribution in [3.63, 3.8) is 0 Å². The van der Waals surface area contributed by atoms with Crippen LogP contribution in [0.25, 0.3) is 11.6 Å². The maximum Gasteiger partial charge on any atom is 0.256 e. The summed E-state index contributed by atoms with van der Waals surface area (Å²) in [6, 6.07) is 12.5. The molecule has 1 aromatic heterocycles. The molecule has 5 nitrogen and oxygen atoms in total. The Balaban J connectivity index is 1.64. The van der Waals surface area contributed by atoms with Crippen molar-refractivity contribution in [1.29, 1.82) is 0 Å². The van der Waals surface area contributed by atoms with Gasteiger partial charge in [0.2, 0.25) is 0 Å². The van der Waals surface area contributed by atoms with E-state index >= 15 is 0 Å². The second-order valence-electron chi connectivity index (χ2n) is 8.64. The molecule has 0 bridgehead atoms. The van der Waals surface area contributed by atoms with Crippen molar-refractivity contribution in [2.45, 2.75) is 50.2 Å². The van der Waals surface area contributed by atoms with Crippen LogP contribution in [-0.4, -0.2) is 14.3 Å². The third-order valence-electron chi connectivity index (χ3n) is 6.27. The quantitative estimate of drug-likeness (QED) is 0.555. The summed E-state index contributed by atoms with van der Waals surface area (Å²) in [5.74, 6) is 0.992. The molecule has 2 heterocycles. The predicted molar refractivity (Wildman–Crippen MR) is 125 cm³/mol. The summed E-state index contributed by atoms with van der Waals surface area (Å²) in [4.78, 5) is 13.1. The Bertz CT molecular complexity index is 1360. The number of carbonyl (C=O) groups is 1. The Kier molecular flexibility index (Phi) is 5.05. The topological polar surface area (TPSA) is 76.4 Å². The molecule has 0 saturated heterocycles. The minimum Gasteiger partial charge on any atom is -0.461 e. The zero-order valence-electron chi connectivity index (χ0n) is 18.2. The number of fused-ring (bicyclic) bond motifs is 2. The molecule has 0 fully saturated rings. The SMILES string of the molecule is Cc1cc(C)c2c(c1)NC(=O)C2=Cc1oc2c(c1CS(=O)(=O)c1ccccc1)CCCC2. The number of carbonyl (C=O) groups excluding carboxylic acids is 1. The maximum absolute atomic E-state index is 13.2. The molecule has 5 rings (SSSR count). The molecule has 1 aliphatic heterocycles. The van der Waals surface area contributed by atoms with Crippen LogP contribution in [0.3, 0.4) is 0 Å². The molecule has 164 valence electrons. The fourth-order valence-electron chi connectivity index (χ4n) is 4.82. The summed E-state index contributed by atoms with van der Waals surface area (Å²) in [6.07, 6.45) is 5.34. The monoisotopic (exact) mass is 447 g/mol. The summed E-state index contributed by atoms with van der Waals surface area (Å²) in [6.45, 7) is 3.97. The Hall–Kier alpha value is -3.12. The molecular weight excluding hydrogens is 422 g/mol. The van der Waals surface area contributed by atoms with Crippen LogP contribution in [0, 0.1) is 13.8 Å². The third kappa shape index (κ3) is 3.58. The summed E-state index contributed by atoms with van der Waals surface area (Å²) in [5.41, 5.74) is 5.90. The van der Waals surface area contributed by atoms with Gasteiger partial charge in [0.25, 0.3) is 5.91 Å². The number of hydrogen-bond donors (Lipinski definition) is 1. The highest BCUT2D eigenvalue weighted by atomic mass is 32.2. The molecule has 0 unspecified atom stereocenters. The number of furan rings is 1. The number of benzene rings is 2. The first-order valence-corrected chi connectivity index (χ1v) is 12.5. The van der Waals surface area contributed by atoms with Gasteiger partial charge in [0.1, 0.15) is 11.5 Å². The van der Waals surface area contributed by atoms with E-state index in [-0.39, 0.29) is 11.7 Å². The minimum absolute atomic E-state index is 0.143. The van der Waals surface area contributed by atoms with Gasteiger partial charge in [-0.05, 0) is 74.1 Å². The number of nitrogens with one attached hydrogen (secondary N) is 1. The number of amides is 1. The van der Waals surface area contributed by atoms with Crippen LogP contribution in [0.1, 0.15) is 52.2 Å². The average Bonchev–Trinajstić information content (AvgIpc) is 3.26. The van der Waals surface area contributed by atoms with Crippen molar-refractivity contribution in [2.75, 3.05) is 5.32 Å². The zero-order valence-corrected chi connectivity index (χ0v) is 19.0. The molecule has 0 atom stereocenters. The molecule has 1 amide bonds. The molecule has 0 saturated carbocycles. The molecule has 1 N–H and O–H groups in total. The van der Waals surface area contributed by atoms with E-state index < -0.39 is 9.84 Å². The Morgan fingerprint density at radius 3 is 2.59 bits per heavy atom. The van der Waals surface area contributed by atoms with Crippen molar-refractivity contribution in [1.82, 2.24) is 0 Å². The summed E-state index contributed by atoms with van der Waals surface area (Å²) in [5, 5.41) is 2.94. The number of sulfone groups is 1.